The maximum Gasteiger partial charge on any atom is 0.317 e. The fourth-order valence-electron chi connectivity index (χ4n) is 2.07. The standard InChI is InChI=1S/C15H19N3O3/c1-15(2,3)17(10-14(20)21)9-11-8-13(19)18-7-5-4-6-12(18)16-11/h4-8H,9-10H2,1-3H3,(H,20,21). The number of carbonyl (C=O) groups is 1. The molecule has 0 aromatic carbocycles. The molecule has 2 aromatic heterocycles. The van der Waals surface area contributed by atoms with E-state index >= 15 is 0 Å². The zero-order valence-electron chi connectivity index (χ0n) is 12.4. The molecule has 0 radical (unpaired) electrons. The third-order valence-electron chi connectivity index (χ3n) is 3.25. The summed E-state index contributed by atoms with van der Waals surface area (Å²) < 4.78 is 1.46. The van der Waals surface area contributed by atoms with E-state index in [4.69, 9.17) is 5.11 Å². The van der Waals surface area contributed by atoms with Crippen LogP contribution in [0.2, 0.25) is 0 Å². The molecule has 6 nitrogen and oxygen atoms in total. The van der Waals surface area contributed by atoms with Gasteiger partial charge in [-0.15, -0.1) is 0 Å². The van der Waals surface area contributed by atoms with E-state index in [1.54, 1.807) is 23.2 Å². The molecule has 0 saturated heterocycles. The van der Waals surface area contributed by atoms with Crippen LogP contribution in [0.5, 0.6) is 0 Å². The zero-order chi connectivity index (χ0) is 15.6. The number of pyridine rings is 1. The number of carboxylic acid groups (broad SMARTS) is 1. The molecular weight excluding hydrogens is 270 g/mol. The maximum absolute atomic E-state index is 12.0. The molecule has 0 unspecified atom stereocenters. The summed E-state index contributed by atoms with van der Waals surface area (Å²) in [5.74, 6) is -0.901. The van der Waals surface area contributed by atoms with Gasteiger partial charge in [0.2, 0.25) is 0 Å². The van der Waals surface area contributed by atoms with Crippen molar-refractivity contribution in [1.82, 2.24) is 14.3 Å². The molecule has 0 fully saturated rings. The van der Waals surface area contributed by atoms with Crippen LogP contribution in [0.4, 0.5) is 0 Å². The van der Waals surface area contributed by atoms with Crippen LogP contribution < -0.4 is 5.56 Å². The van der Waals surface area contributed by atoms with E-state index in [-0.39, 0.29) is 17.6 Å². The van der Waals surface area contributed by atoms with Gasteiger partial charge in [0.25, 0.3) is 5.56 Å². The van der Waals surface area contributed by atoms with Crippen molar-refractivity contribution in [2.45, 2.75) is 32.9 Å². The van der Waals surface area contributed by atoms with Gasteiger partial charge in [-0.25, -0.2) is 4.98 Å². The van der Waals surface area contributed by atoms with Gasteiger partial charge >= 0.3 is 5.97 Å². The first-order valence-corrected chi connectivity index (χ1v) is 6.71. The van der Waals surface area contributed by atoms with Crippen LogP contribution >= 0.6 is 0 Å². The molecule has 2 aromatic rings. The summed E-state index contributed by atoms with van der Waals surface area (Å²) in [5.41, 5.74) is 0.633. The summed E-state index contributed by atoms with van der Waals surface area (Å²) in [4.78, 5) is 29.2. The van der Waals surface area contributed by atoms with Crippen molar-refractivity contribution in [1.29, 1.82) is 0 Å². The molecule has 0 aliphatic heterocycles. The second-order valence-corrected chi connectivity index (χ2v) is 5.94. The summed E-state index contributed by atoms with van der Waals surface area (Å²) in [6, 6.07) is 6.78. The number of carboxylic acids is 1. The zero-order valence-corrected chi connectivity index (χ0v) is 12.4. The number of aliphatic carboxylic acids is 1. The quantitative estimate of drug-likeness (QED) is 0.920. The molecule has 0 aliphatic carbocycles. The minimum absolute atomic E-state index is 0.0979. The van der Waals surface area contributed by atoms with E-state index in [0.717, 1.165) is 0 Å². The molecule has 0 aliphatic rings. The van der Waals surface area contributed by atoms with Crippen LogP contribution in [-0.4, -0.2) is 37.4 Å². The first kappa shape index (κ1) is 15.2. The average Bonchev–Trinajstić information content (AvgIpc) is 2.36. The number of hydrogen-bond acceptors (Lipinski definition) is 4. The largest absolute Gasteiger partial charge is 0.480 e. The maximum atomic E-state index is 12.0. The lowest BCUT2D eigenvalue weighted by molar-refractivity contribution is -0.139. The number of nitrogens with zero attached hydrogens (tertiary/aromatic N) is 3. The van der Waals surface area contributed by atoms with E-state index in [1.807, 2.05) is 26.8 Å². The Balaban J connectivity index is 2.37. The SMILES string of the molecule is CC(C)(C)N(CC(=O)O)Cc1cc(=O)n2ccccc2n1. The number of rotatable bonds is 4. The molecule has 0 spiro atoms. The highest BCUT2D eigenvalue weighted by Gasteiger charge is 2.24. The molecular formula is C15H19N3O3. The second-order valence-electron chi connectivity index (χ2n) is 5.94. The van der Waals surface area contributed by atoms with Gasteiger partial charge in [-0.2, -0.15) is 0 Å². The van der Waals surface area contributed by atoms with E-state index in [9.17, 15) is 9.59 Å². The normalized spacial score (nSPS) is 12.0. The Labute approximate surface area is 122 Å². The summed E-state index contributed by atoms with van der Waals surface area (Å²) in [7, 11) is 0. The van der Waals surface area contributed by atoms with Gasteiger partial charge in [-0.05, 0) is 32.9 Å². The number of hydrogen-bond donors (Lipinski definition) is 1. The predicted molar refractivity (Wildman–Crippen MR) is 79.3 cm³/mol. The summed E-state index contributed by atoms with van der Waals surface area (Å²) in [6.45, 7) is 6.02. The van der Waals surface area contributed by atoms with Crippen molar-refractivity contribution in [3.05, 3.63) is 46.5 Å². The van der Waals surface area contributed by atoms with E-state index in [1.165, 1.54) is 10.5 Å². The Morgan fingerprint density at radius 1 is 1.38 bits per heavy atom. The molecule has 0 saturated carbocycles. The van der Waals surface area contributed by atoms with Gasteiger partial charge in [0.05, 0.1) is 12.2 Å². The number of aromatic nitrogens is 2. The van der Waals surface area contributed by atoms with E-state index in [0.29, 0.717) is 17.9 Å². The Morgan fingerprint density at radius 3 is 2.71 bits per heavy atom. The van der Waals surface area contributed by atoms with Crippen LogP contribution in [0.25, 0.3) is 5.65 Å². The van der Waals surface area contributed by atoms with Crippen molar-refractivity contribution in [3.63, 3.8) is 0 Å². The lowest BCUT2D eigenvalue weighted by atomic mass is 10.1. The fraction of sp³-hybridized carbons (Fsp3) is 0.400. The van der Waals surface area contributed by atoms with Crippen LogP contribution in [0.3, 0.4) is 0 Å². The highest BCUT2D eigenvalue weighted by Crippen LogP contribution is 2.16. The Kier molecular flexibility index (Phi) is 4.09. The summed E-state index contributed by atoms with van der Waals surface area (Å²) in [5, 5.41) is 9.02. The van der Waals surface area contributed by atoms with Crippen molar-refractivity contribution in [3.8, 4) is 0 Å². The van der Waals surface area contributed by atoms with Crippen molar-refractivity contribution in [2.24, 2.45) is 0 Å². The molecule has 0 atom stereocenters. The molecule has 2 rings (SSSR count). The van der Waals surface area contributed by atoms with Gasteiger partial charge in [0.15, 0.2) is 0 Å². The van der Waals surface area contributed by atoms with Gasteiger partial charge in [0.1, 0.15) is 5.65 Å². The van der Waals surface area contributed by atoms with Gasteiger partial charge in [-0.1, -0.05) is 6.07 Å². The third kappa shape index (κ3) is 3.66. The number of fused-ring (bicyclic) bond motifs is 1. The Morgan fingerprint density at radius 2 is 2.10 bits per heavy atom. The van der Waals surface area contributed by atoms with Crippen LogP contribution in [0, 0.1) is 0 Å². The van der Waals surface area contributed by atoms with E-state index in [2.05, 4.69) is 4.98 Å². The van der Waals surface area contributed by atoms with Gasteiger partial charge in [-0.3, -0.25) is 18.9 Å². The van der Waals surface area contributed by atoms with Crippen LogP contribution in [0.1, 0.15) is 26.5 Å². The van der Waals surface area contributed by atoms with Crippen LogP contribution in [0.15, 0.2) is 35.3 Å². The molecule has 0 bridgehead atoms. The Hall–Kier alpha value is -2.21. The summed E-state index contributed by atoms with van der Waals surface area (Å²) in [6.07, 6.45) is 1.66. The first-order chi connectivity index (χ1) is 9.77. The molecule has 112 valence electrons. The topological polar surface area (TPSA) is 74.9 Å². The van der Waals surface area contributed by atoms with E-state index < -0.39 is 5.97 Å². The molecule has 6 heteroatoms. The third-order valence-corrected chi connectivity index (χ3v) is 3.25. The monoisotopic (exact) mass is 289 g/mol. The minimum Gasteiger partial charge on any atom is -0.480 e. The van der Waals surface area contributed by atoms with Gasteiger partial charge in [0, 0.05) is 24.3 Å². The van der Waals surface area contributed by atoms with Crippen molar-refractivity contribution >= 4 is 11.6 Å². The molecule has 21 heavy (non-hydrogen) atoms. The lowest BCUT2D eigenvalue weighted by Crippen LogP contribution is -2.44. The average molecular weight is 289 g/mol. The predicted octanol–water partition coefficient (Wildman–Crippen LogP) is 1.38. The lowest BCUT2D eigenvalue weighted by Gasteiger charge is -2.33. The second kappa shape index (κ2) is 5.65. The highest BCUT2D eigenvalue weighted by molar-refractivity contribution is 5.69. The molecule has 0 amide bonds. The van der Waals surface area contributed by atoms with Crippen molar-refractivity contribution in [2.75, 3.05) is 6.54 Å². The molecule has 2 heterocycles. The Bertz CT molecular complexity index is 716. The van der Waals surface area contributed by atoms with Crippen LogP contribution in [-0.2, 0) is 11.3 Å². The highest BCUT2D eigenvalue weighted by atomic mass is 16.4. The first-order valence-electron chi connectivity index (χ1n) is 6.71. The van der Waals surface area contributed by atoms with Gasteiger partial charge < -0.3 is 5.11 Å². The summed E-state index contributed by atoms with van der Waals surface area (Å²) >= 11 is 0. The van der Waals surface area contributed by atoms with Crippen molar-refractivity contribution < 1.29 is 9.90 Å². The fourth-order valence-corrected chi connectivity index (χ4v) is 2.07. The minimum atomic E-state index is -0.901. The smallest absolute Gasteiger partial charge is 0.317 e. The molecule has 1 N–H and O–H groups in total.